The van der Waals surface area contributed by atoms with Crippen molar-refractivity contribution < 1.29 is 14.3 Å². The average Bonchev–Trinajstić information content (AvgIpc) is 2.67. The second kappa shape index (κ2) is 6.01. The van der Waals surface area contributed by atoms with Gasteiger partial charge in [0.15, 0.2) is 0 Å². The van der Waals surface area contributed by atoms with Crippen LogP contribution in [-0.2, 0) is 15.1 Å². The Bertz CT molecular complexity index is 448. The van der Waals surface area contributed by atoms with Crippen LogP contribution in [0.4, 0.5) is 0 Å². The van der Waals surface area contributed by atoms with Crippen LogP contribution in [0.25, 0.3) is 0 Å². The van der Waals surface area contributed by atoms with Gasteiger partial charge in [-0.3, -0.25) is 0 Å². The highest BCUT2D eigenvalue weighted by molar-refractivity contribution is 7.13. The summed E-state index contributed by atoms with van der Waals surface area (Å²) in [4.78, 5) is 16.9. The van der Waals surface area contributed by atoms with Crippen LogP contribution in [0.1, 0.15) is 58.9 Å². The van der Waals surface area contributed by atoms with Gasteiger partial charge in [-0.15, -0.1) is 11.3 Å². The first kappa shape index (κ1) is 14.5. The summed E-state index contributed by atoms with van der Waals surface area (Å²) in [7, 11) is 3.15. The number of hydrogen-bond acceptors (Lipinski definition) is 5. The molecule has 0 bridgehead atoms. The Balaban J connectivity index is 2.35. The van der Waals surface area contributed by atoms with Gasteiger partial charge in [0.2, 0.25) is 0 Å². The number of nitrogens with zero attached hydrogens (tertiary/aromatic N) is 1. The zero-order chi connectivity index (χ0) is 13.9. The van der Waals surface area contributed by atoms with Gasteiger partial charge in [-0.1, -0.05) is 25.7 Å². The largest absolute Gasteiger partial charge is 0.465 e. The maximum absolute atomic E-state index is 11.7. The van der Waals surface area contributed by atoms with Crippen LogP contribution in [0.5, 0.6) is 0 Å². The summed E-state index contributed by atoms with van der Waals surface area (Å²) >= 11 is 1.42. The number of methoxy groups -OCH3 is 2. The first-order chi connectivity index (χ1) is 9.13. The standard InChI is InChI=1S/C14H21NO3S/c1-10-11(12(16)17-2)19-13(15-10)14(18-3)8-6-4-5-7-9-14/h4-9H2,1-3H3. The maximum atomic E-state index is 11.7. The van der Waals surface area contributed by atoms with E-state index in [1.807, 2.05) is 6.92 Å². The van der Waals surface area contributed by atoms with Crippen molar-refractivity contribution >= 4 is 17.3 Å². The van der Waals surface area contributed by atoms with Gasteiger partial charge in [-0.2, -0.15) is 0 Å². The molecule has 0 saturated heterocycles. The molecule has 1 saturated carbocycles. The Morgan fingerprint density at radius 2 is 1.84 bits per heavy atom. The molecule has 1 aromatic rings. The van der Waals surface area contributed by atoms with E-state index in [0.29, 0.717) is 4.88 Å². The fraction of sp³-hybridized carbons (Fsp3) is 0.714. The number of thiazole rings is 1. The molecule has 0 amide bonds. The van der Waals surface area contributed by atoms with Crippen molar-refractivity contribution in [2.75, 3.05) is 14.2 Å². The van der Waals surface area contributed by atoms with Crippen molar-refractivity contribution in [2.45, 2.75) is 51.0 Å². The lowest BCUT2D eigenvalue weighted by Gasteiger charge is -2.29. The van der Waals surface area contributed by atoms with Crippen molar-refractivity contribution in [2.24, 2.45) is 0 Å². The van der Waals surface area contributed by atoms with E-state index in [9.17, 15) is 4.79 Å². The normalized spacial score (nSPS) is 18.9. The number of carbonyl (C=O) groups is 1. The van der Waals surface area contributed by atoms with Gasteiger partial charge in [0.1, 0.15) is 15.5 Å². The highest BCUT2D eigenvalue weighted by atomic mass is 32.1. The Labute approximate surface area is 118 Å². The predicted molar refractivity (Wildman–Crippen MR) is 74.6 cm³/mol. The van der Waals surface area contributed by atoms with E-state index < -0.39 is 0 Å². The van der Waals surface area contributed by atoms with Crippen molar-refractivity contribution in [1.29, 1.82) is 0 Å². The number of carbonyl (C=O) groups excluding carboxylic acids is 1. The van der Waals surface area contributed by atoms with Gasteiger partial charge in [0.25, 0.3) is 0 Å². The van der Waals surface area contributed by atoms with Gasteiger partial charge in [-0.05, 0) is 19.8 Å². The molecule has 0 unspecified atom stereocenters. The van der Waals surface area contributed by atoms with Gasteiger partial charge < -0.3 is 9.47 Å². The summed E-state index contributed by atoms with van der Waals surface area (Å²) in [5, 5.41) is 0.926. The first-order valence-electron chi connectivity index (χ1n) is 6.74. The lowest BCUT2D eigenvalue weighted by Crippen LogP contribution is -2.27. The first-order valence-corrected chi connectivity index (χ1v) is 7.56. The Hall–Kier alpha value is -0.940. The molecule has 1 aliphatic rings. The van der Waals surface area contributed by atoms with E-state index in [1.165, 1.54) is 31.3 Å². The van der Waals surface area contributed by atoms with Crippen molar-refractivity contribution in [3.63, 3.8) is 0 Å². The van der Waals surface area contributed by atoms with Crippen molar-refractivity contribution in [3.8, 4) is 0 Å². The number of hydrogen-bond donors (Lipinski definition) is 0. The highest BCUT2D eigenvalue weighted by Crippen LogP contribution is 2.41. The van der Waals surface area contributed by atoms with Crippen LogP contribution in [0.3, 0.4) is 0 Å². The monoisotopic (exact) mass is 283 g/mol. The minimum absolute atomic E-state index is 0.305. The smallest absolute Gasteiger partial charge is 0.349 e. The zero-order valence-electron chi connectivity index (χ0n) is 11.8. The molecule has 1 aromatic heterocycles. The third-order valence-electron chi connectivity index (χ3n) is 3.86. The molecule has 1 heterocycles. The molecule has 0 aliphatic heterocycles. The molecule has 19 heavy (non-hydrogen) atoms. The number of aromatic nitrogens is 1. The van der Waals surface area contributed by atoms with Crippen LogP contribution >= 0.6 is 11.3 Å². The Morgan fingerprint density at radius 1 is 1.21 bits per heavy atom. The molecule has 1 fully saturated rings. The van der Waals surface area contributed by atoms with Crippen LogP contribution in [0.2, 0.25) is 0 Å². The van der Waals surface area contributed by atoms with E-state index in [-0.39, 0.29) is 11.6 Å². The number of aryl methyl sites for hydroxylation is 1. The molecule has 2 rings (SSSR count). The third kappa shape index (κ3) is 2.82. The second-order valence-corrected chi connectivity index (χ2v) is 6.04. The Kier molecular flexibility index (Phi) is 4.58. The summed E-state index contributed by atoms with van der Waals surface area (Å²) in [6, 6.07) is 0. The van der Waals surface area contributed by atoms with E-state index in [2.05, 4.69) is 4.98 Å². The van der Waals surface area contributed by atoms with Crippen LogP contribution in [0, 0.1) is 6.92 Å². The van der Waals surface area contributed by atoms with Gasteiger partial charge in [0, 0.05) is 7.11 Å². The van der Waals surface area contributed by atoms with Crippen molar-refractivity contribution in [1.82, 2.24) is 4.98 Å². The van der Waals surface area contributed by atoms with Gasteiger partial charge in [0.05, 0.1) is 12.8 Å². The second-order valence-electron chi connectivity index (χ2n) is 5.04. The minimum Gasteiger partial charge on any atom is -0.465 e. The topological polar surface area (TPSA) is 48.4 Å². The van der Waals surface area contributed by atoms with Gasteiger partial charge >= 0.3 is 5.97 Å². The average molecular weight is 283 g/mol. The maximum Gasteiger partial charge on any atom is 0.349 e. The number of rotatable bonds is 3. The van der Waals surface area contributed by atoms with E-state index in [4.69, 9.17) is 9.47 Å². The molecule has 1 aliphatic carbocycles. The molecule has 106 valence electrons. The zero-order valence-corrected chi connectivity index (χ0v) is 12.6. The van der Waals surface area contributed by atoms with Crippen molar-refractivity contribution in [3.05, 3.63) is 15.6 Å². The molecule has 0 atom stereocenters. The Morgan fingerprint density at radius 3 is 2.37 bits per heavy atom. The highest BCUT2D eigenvalue weighted by Gasteiger charge is 2.37. The summed E-state index contributed by atoms with van der Waals surface area (Å²) in [5.74, 6) is -0.305. The molecular weight excluding hydrogens is 262 g/mol. The summed E-state index contributed by atoms with van der Waals surface area (Å²) < 4.78 is 10.6. The van der Waals surface area contributed by atoms with Gasteiger partial charge in [-0.25, -0.2) is 9.78 Å². The number of esters is 1. The summed E-state index contributed by atoms with van der Waals surface area (Å²) in [5.41, 5.74) is 0.436. The van der Waals surface area contributed by atoms with Crippen LogP contribution < -0.4 is 0 Å². The third-order valence-corrected chi connectivity index (χ3v) is 5.18. The molecule has 0 N–H and O–H groups in total. The van der Waals surface area contributed by atoms with E-state index in [0.717, 1.165) is 36.4 Å². The van der Waals surface area contributed by atoms with E-state index in [1.54, 1.807) is 7.11 Å². The molecule has 0 radical (unpaired) electrons. The minimum atomic E-state index is -0.307. The fourth-order valence-electron chi connectivity index (χ4n) is 2.68. The lowest BCUT2D eigenvalue weighted by atomic mass is 9.95. The predicted octanol–water partition coefficient (Wildman–Crippen LogP) is 3.43. The summed E-state index contributed by atoms with van der Waals surface area (Å²) in [6.45, 7) is 1.85. The summed E-state index contributed by atoms with van der Waals surface area (Å²) in [6.07, 6.45) is 6.77. The van der Waals surface area contributed by atoms with Crippen LogP contribution in [-0.4, -0.2) is 25.2 Å². The quantitative estimate of drug-likeness (QED) is 0.630. The molecule has 5 heteroatoms. The number of ether oxygens (including phenoxy) is 2. The lowest BCUT2D eigenvalue weighted by molar-refractivity contribution is -0.0280. The molecule has 0 aromatic carbocycles. The van der Waals surface area contributed by atoms with Crippen LogP contribution in [0.15, 0.2) is 0 Å². The molecular formula is C14H21NO3S. The molecule has 4 nitrogen and oxygen atoms in total. The molecule has 0 spiro atoms. The fourth-order valence-corrected chi connectivity index (χ4v) is 3.89. The SMILES string of the molecule is COC(=O)c1sc(C2(OC)CCCCCC2)nc1C. The van der Waals surface area contributed by atoms with E-state index >= 15 is 0 Å².